The zero-order valence-corrected chi connectivity index (χ0v) is 9.34. The molecule has 0 radical (unpaired) electrons. The molecule has 6 heteroatoms. The smallest absolute Gasteiger partial charge is 0.423 e. The highest BCUT2D eigenvalue weighted by Crippen LogP contribution is 2.06. The van der Waals surface area contributed by atoms with E-state index in [1.54, 1.807) is 0 Å². The highest BCUT2D eigenvalue weighted by Gasteiger charge is 2.12. The number of hydrogen-bond donors (Lipinski definition) is 3. The van der Waals surface area contributed by atoms with Crippen LogP contribution in [0.2, 0.25) is 0 Å². The average Bonchev–Trinajstić information content (AvgIpc) is 2.16. The van der Waals surface area contributed by atoms with Crippen molar-refractivity contribution in [3.05, 3.63) is 18.5 Å². The molecular formula is C10H15BN2O3. The van der Waals surface area contributed by atoms with Crippen molar-refractivity contribution in [2.45, 2.75) is 20.3 Å². The molecule has 1 rings (SSSR count). The number of pyridine rings is 1. The fraction of sp³-hybridized carbons (Fsp3) is 0.400. The van der Waals surface area contributed by atoms with Crippen LogP contribution in [0.15, 0.2) is 18.5 Å². The Labute approximate surface area is 94.7 Å². The number of anilines is 1. The summed E-state index contributed by atoms with van der Waals surface area (Å²) in [6, 6.07) is 1.48. The van der Waals surface area contributed by atoms with E-state index in [1.807, 2.05) is 13.8 Å². The summed E-state index contributed by atoms with van der Waals surface area (Å²) in [7, 11) is -1.57. The predicted molar refractivity (Wildman–Crippen MR) is 62.1 cm³/mol. The Morgan fingerprint density at radius 2 is 2.19 bits per heavy atom. The third-order valence-electron chi connectivity index (χ3n) is 1.93. The van der Waals surface area contributed by atoms with Gasteiger partial charge in [-0.05, 0) is 12.0 Å². The van der Waals surface area contributed by atoms with Gasteiger partial charge in [0.1, 0.15) is 0 Å². The van der Waals surface area contributed by atoms with Gasteiger partial charge in [-0.1, -0.05) is 13.8 Å². The molecule has 0 saturated carbocycles. The largest absolute Gasteiger partial charge is 0.490 e. The molecule has 0 aromatic carbocycles. The summed E-state index contributed by atoms with van der Waals surface area (Å²) < 4.78 is 0. The Bertz CT molecular complexity index is 369. The quantitative estimate of drug-likeness (QED) is 0.613. The van der Waals surface area contributed by atoms with Crippen molar-refractivity contribution in [2.24, 2.45) is 5.92 Å². The van der Waals surface area contributed by atoms with E-state index in [0.29, 0.717) is 12.1 Å². The van der Waals surface area contributed by atoms with E-state index in [2.05, 4.69) is 10.3 Å². The van der Waals surface area contributed by atoms with Gasteiger partial charge in [-0.2, -0.15) is 0 Å². The maximum Gasteiger partial charge on any atom is 0.490 e. The molecule has 0 atom stereocenters. The molecule has 0 aliphatic carbocycles. The Hall–Kier alpha value is -1.40. The summed E-state index contributed by atoms with van der Waals surface area (Å²) in [5.74, 6) is 0.168. The van der Waals surface area contributed by atoms with Crippen LogP contribution in [0.25, 0.3) is 0 Å². The number of carbonyl (C=O) groups excluding carboxylic acids is 1. The Morgan fingerprint density at radius 1 is 1.50 bits per heavy atom. The Balaban J connectivity index is 2.67. The van der Waals surface area contributed by atoms with Crippen molar-refractivity contribution < 1.29 is 14.8 Å². The Morgan fingerprint density at radius 3 is 2.75 bits per heavy atom. The molecule has 0 saturated heterocycles. The van der Waals surface area contributed by atoms with Crippen molar-refractivity contribution >= 4 is 24.2 Å². The van der Waals surface area contributed by atoms with Gasteiger partial charge in [0, 0.05) is 18.1 Å². The van der Waals surface area contributed by atoms with Crippen LogP contribution >= 0.6 is 0 Å². The minimum atomic E-state index is -1.57. The number of nitrogens with zero attached hydrogens (tertiary/aromatic N) is 1. The van der Waals surface area contributed by atoms with Crippen molar-refractivity contribution in [3.8, 4) is 0 Å². The van der Waals surface area contributed by atoms with Crippen LogP contribution in [-0.2, 0) is 4.79 Å². The van der Waals surface area contributed by atoms with Gasteiger partial charge in [0.05, 0.1) is 11.9 Å². The molecule has 1 aromatic heterocycles. The van der Waals surface area contributed by atoms with Gasteiger partial charge in [-0.25, -0.2) is 0 Å². The lowest BCUT2D eigenvalue weighted by Crippen LogP contribution is -2.30. The molecule has 1 heterocycles. The maximum atomic E-state index is 11.4. The van der Waals surface area contributed by atoms with Gasteiger partial charge >= 0.3 is 7.12 Å². The standard InChI is InChI=1S/C10H15BN2O3/c1-7(2)3-10(14)13-9-4-8(11(15)16)5-12-6-9/h4-7,15-16H,3H2,1-2H3,(H,13,14). The molecule has 3 N–H and O–H groups in total. The highest BCUT2D eigenvalue weighted by atomic mass is 16.4. The van der Waals surface area contributed by atoms with E-state index in [1.165, 1.54) is 18.5 Å². The molecule has 16 heavy (non-hydrogen) atoms. The zero-order chi connectivity index (χ0) is 12.1. The van der Waals surface area contributed by atoms with Crippen molar-refractivity contribution in [1.82, 2.24) is 4.98 Å². The summed E-state index contributed by atoms with van der Waals surface area (Å²) in [6.07, 6.45) is 3.22. The van der Waals surface area contributed by atoms with E-state index in [9.17, 15) is 4.79 Å². The van der Waals surface area contributed by atoms with Crippen LogP contribution in [0.3, 0.4) is 0 Å². The van der Waals surface area contributed by atoms with Crippen LogP contribution in [0.5, 0.6) is 0 Å². The number of amides is 1. The van der Waals surface area contributed by atoms with Crippen LogP contribution in [0, 0.1) is 5.92 Å². The number of hydrogen-bond acceptors (Lipinski definition) is 4. The van der Waals surface area contributed by atoms with Gasteiger partial charge in [0.15, 0.2) is 0 Å². The lowest BCUT2D eigenvalue weighted by Gasteiger charge is -2.07. The summed E-state index contributed by atoms with van der Waals surface area (Å²) >= 11 is 0. The molecule has 1 aromatic rings. The normalized spacial score (nSPS) is 10.3. The lowest BCUT2D eigenvalue weighted by molar-refractivity contribution is -0.116. The second-order valence-corrected chi connectivity index (χ2v) is 4.03. The van der Waals surface area contributed by atoms with E-state index in [4.69, 9.17) is 10.0 Å². The molecule has 86 valence electrons. The van der Waals surface area contributed by atoms with Gasteiger partial charge in [0.25, 0.3) is 0 Å². The number of rotatable bonds is 4. The van der Waals surface area contributed by atoms with Gasteiger partial charge in [-0.3, -0.25) is 9.78 Å². The van der Waals surface area contributed by atoms with E-state index in [-0.39, 0.29) is 17.3 Å². The fourth-order valence-corrected chi connectivity index (χ4v) is 1.25. The predicted octanol–water partition coefficient (Wildman–Crippen LogP) is -0.254. The van der Waals surface area contributed by atoms with E-state index in [0.717, 1.165) is 0 Å². The second kappa shape index (κ2) is 5.62. The third-order valence-corrected chi connectivity index (χ3v) is 1.93. The molecule has 5 nitrogen and oxygen atoms in total. The zero-order valence-electron chi connectivity index (χ0n) is 9.34. The number of aromatic nitrogens is 1. The van der Waals surface area contributed by atoms with Crippen LogP contribution in [0.1, 0.15) is 20.3 Å². The summed E-state index contributed by atoms with van der Waals surface area (Å²) in [5, 5.41) is 20.5. The number of carbonyl (C=O) groups is 1. The molecule has 0 spiro atoms. The first kappa shape index (κ1) is 12.7. The van der Waals surface area contributed by atoms with Gasteiger partial charge in [-0.15, -0.1) is 0 Å². The topological polar surface area (TPSA) is 82.5 Å². The van der Waals surface area contributed by atoms with Gasteiger partial charge in [0.2, 0.25) is 5.91 Å². The van der Waals surface area contributed by atoms with Crippen molar-refractivity contribution in [3.63, 3.8) is 0 Å². The van der Waals surface area contributed by atoms with Crippen LogP contribution < -0.4 is 10.8 Å². The minimum absolute atomic E-state index is 0.110. The first-order valence-corrected chi connectivity index (χ1v) is 5.10. The van der Waals surface area contributed by atoms with Crippen LogP contribution in [-0.4, -0.2) is 28.1 Å². The molecule has 1 amide bonds. The Kier molecular flexibility index (Phi) is 4.45. The maximum absolute atomic E-state index is 11.4. The summed E-state index contributed by atoms with van der Waals surface area (Å²) in [5.41, 5.74) is 0.721. The summed E-state index contributed by atoms with van der Waals surface area (Å²) in [6.45, 7) is 3.90. The second-order valence-electron chi connectivity index (χ2n) is 4.03. The SMILES string of the molecule is CC(C)CC(=O)Nc1cncc(B(O)O)c1. The highest BCUT2D eigenvalue weighted by molar-refractivity contribution is 6.58. The monoisotopic (exact) mass is 222 g/mol. The van der Waals surface area contributed by atoms with Crippen molar-refractivity contribution in [2.75, 3.05) is 5.32 Å². The summed E-state index contributed by atoms with van der Waals surface area (Å²) in [4.78, 5) is 15.2. The minimum Gasteiger partial charge on any atom is -0.423 e. The van der Waals surface area contributed by atoms with Crippen LogP contribution in [0.4, 0.5) is 5.69 Å². The fourth-order valence-electron chi connectivity index (χ4n) is 1.25. The van der Waals surface area contributed by atoms with Crippen molar-refractivity contribution in [1.29, 1.82) is 0 Å². The molecular weight excluding hydrogens is 207 g/mol. The molecule has 0 fully saturated rings. The number of nitrogens with one attached hydrogen (secondary N) is 1. The third kappa shape index (κ3) is 4.00. The van der Waals surface area contributed by atoms with E-state index >= 15 is 0 Å². The molecule has 0 unspecified atom stereocenters. The molecule has 0 aliphatic heterocycles. The lowest BCUT2D eigenvalue weighted by atomic mass is 9.81. The van der Waals surface area contributed by atoms with E-state index < -0.39 is 7.12 Å². The van der Waals surface area contributed by atoms with Gasteiger partial charge < -0.3 is 15.4 Å². The first-order valence-electron chi connectivity index (χ1n) is 5.10. The first-order chi connectivity index (χ1) is 7.49. The average molecular weight is 222 g/mol. The molecule has 0 aliphatic rings. The molecule has 0 bridgehead atoms.